The van der Waals surface area contributed by atoms with Gasteiger partial charge in [-0.3, -0.25) is 0 Å². The van der Waals surface area contributed by atoms with E-state index < -0.39 is 0 Å². The summed E-state index contributed by atoms with van der Waals surface area (Å²) < 4.78 is 0. The Kier molecular flexibility index (Phi) is 7.18. The van der Waals surface area contributed by atoms with E-state index in [9.17, 15) is 0 Å². The number of pyridine rings is 1. The van der Waals surface area contributed by atoms with Crippen LogP contribution in [0.25, 0.3) is 0 Å². The Morgan fingerprint density at radius 1 is 0.938 bits per heavy atom. The van der Waals surface area contributed by atoms with Crippen molar-refractivity contribution in [3.05, 3.63) is 82.4 Å². The third-order valence-electron chi connectivity index (χ3n) is 6.65. The summed E-state index contributed by atoms with van der Waals surface area (Å²) in [6.45, 7) is 0.900. The normalized spacial score (nSPS) is 19.5. The first-order valence-electron chi connectivity index (χ1n) is 11.4. The van der Waals surface area contributed by atoms with Gasteiger partial charge in [-0.25, -0.2) is 4.98 Å². The van der Waals surface area contributed by atoms with Crippen LogP contribution in [0.4, 0.5) is 17.3 Å². The first kappa shape index (κ1) is 22.4. The Hall–Kier alpha value is -2.76. The smallest absolute Gasteiger partial charge is 0.149 e. The largest absolute Gasteiger partial charge is 0.396 e. The maximum absolute atomic E-state index is 6.31. The minimum Gasteiger partial charge on any atom is -0.396 e. The zero-order valence-corrected chi connectivity index (χ0v) is 19.1. The van der Waals surface area contributed by atoms with Crippen LogP contribution in [0.15, 0.2) is 60.7 Å². The van der Waals surface area contributed by atoms with Crippen LogP contribution < -0.4 is 22.5 Å². The Balaban J connectivity index is 1.38. The molecule has 1 unspecified atom stereocenters. The van der Waals surface area contributed by atoms with E-state index in [1.165, 1.54) is 36.8 Å². The predicted molar refractivity (Wildman–Crippen MR) is 135 cm³/mol. The van der Waals surface area contributed by atoms with E-state index in [1.54, 1.807) is 0 Å². The Labute approximate surface area is 195 Å². The van der Waals surface area contributed by atoms with Crippen molar-refractivity contribution in [3.8, 4) is 0 Å². The number of benzene rings is 2. The molecule has 0 spiro atoms. The summed E-state index contributed by atoms with van der Waals surface area (Å²) >= 11 is 6.04. The lowest BCUT2D eigenvalue weighted by atomic mass is 9.81. The number of halogens is 1. The number of hydrogen-bond donors (Lipinski definition) is 4. The molecule has 0 saturated heterocycles. The number of hydrogen-bond acceptors (Lipinski definition) is 5. The summed E-state index contributed by atoms with van der Waals surface area (Å²) in [6, 6.07) is 21.1. The summed E-state index contributed by atoms with van der Waals surface area (Å²) in [4.78, 5) is 4.11. The second-order valence-electron chi connectivity index (χ2n) is 8.74. The Morgan fingerprint density at radius 2 is 1.62 bits per heavy atom. The molecule has 7 N–H and O–H groups in total. The monoisotopic (exact) mass is 449 g/mol. The fraction of sp³-hybridized carbons (Fsp3) is 0.346. The van der Waals surface area contributed by atoms with Crippen molar-refractivity contribution < 1.29 is 0 Å². The van der Waals surface area contributed by atoms with Gasteiger partial charge in [-0.2, -0.15) is 0 Å². The lowest BCUT2D eigenvalue weighted by Crippen LogP contribution is -2.34. The molecule has 0 amide bonds. The van der Waals surface area contributed by atoms with Crippen LogP contribution >= 0.6 is 11.6 Å². The molecular formula is C26H32ClN5. The molecule has 0 aliphatic heterocycles. The molecule has 3 aromatic rings. The predicted octanol–water partition coefficient (Wildman–Crippen LogP) is 5.32. The highest BCUT2D eigenvalue weighted by Gasteiger charge is 2.23. The average Bonchev–Trinajstić information content (AvgIpc) is 2.81. The molecule has 1 heterocycles. The lowest BCUT2D eigenvalue weighted by molar-refractivity contribution is 0.340. The molecule has 5 nitrogen and oxygen atoms in total. The molecule has 1 saturated carbocycles. The van der Waals surface area contributed by atoms with Gasteiger partial charge in [-0.15, -0.1) is 0 Å². The van der Waals surface area contributed by atoms with Gasteiger partial charge in [0.05, 0.1) is 5.69 Å². The van der Waals surface area contributed by atoms with Gasteiger partial charge in [0, 0.05) is 17.0 Å². The molecule has 1 aliphatic carbocycles. The van der Waals surface area contributed by atoms with E-state index in [1.807, 2.05) is 24.3 Å². The van der Waals surface area contributed by atoms with E-state index in [-0.39, 0.29) is 5.92 Å². The van der Waals surface area contributed by atoms with Crippen LogP contribution in [0, 0.1) is 0 Å². The molecule has 32 heavy (non-hydrogen) atoms. The fourth-order valence-electron chi connectivity index (χ4n) is 4.89. The van der Waals surface area contributed by atoms with Crippen molar-refractivity contribution in [1.82, 2.24) is 10.3 Å². The fourth-order valence-corrected chi connectivity index (χ4v) is 5.02. The zero-order chi connectivity index (χ0) is 22.5. The van der Waals surface area contributed by atoms with E-state index in [4.69, 9.17) is 28.8 Å². The van der Waals surface area contributed by atoms with Gasteiger partial charge in [0.25, 0.3) is 0 Å². The summed E-state index contributed by atoms with van der Waals surface area (Å²) in [7, 11) is 0. The van der Waals surface area contributed by atoms with E-state index in [2.05, 4.69) is 46.7 Å². The van der Waals surface area contributed by atoms with Crippen molar-refractivity contribution in [2.24, 2.45) is 0 Å². The summed E-state index contributed by atoms with van der Waals surface area (Å²) in [5.41, 5.74) is 22.4. The van der Waals surface area contributed by atoms with Crippen molar-refractivity contribution in [2.75, 3.05) is 23.7 Å². The van der Waals surface area contributed by atoms with Crippen LogP contribution in [0.1, 0.15) is 60.6 Å². The number of aromatic nitrogens is 1. The van der Waals surface area contributed by atoms with Crippen LogP contribution in [0.2, 0.25) is 5.02 Å². The molecule has 1 atom stereocenters. The molecule has 0 bridgehead atoms. The molecule has 6 heteroatoms. The van der Waals surface area contributed by atoms with E-state index in [0.29, 0.717) is 29.3 Å². The van der Waals surface area contributed by atoms with Gasteiger partial charge in [0.1, 0.15) is 11.6 Å². The van der Waals surface area contributed by atoms with Crippen LogP contribution in [0.5, 0.6) is 0 Å². The van der Waals surface area contributed by atoms with Gasteiger partial charge in [0.2, 0.25) is 0 Å². The van der Waals surface area contributed by atoms with E-state index in [0.717, 1.165) is 23.6 Å². The second-order valence-corrected chi connectivity index (χ2v) is 9.18. The van der Waals surface area contributed by atoms with Crippen LogP contribution in [-0.4, -0.2) is 17.6 Å². The highest BCUT2D eigenvalue weighted by atomic mass is 35.5. The minimum absolute atomic E-state index is 0.113. The SMILES string of the molecule is Nc1cc(C(CCN[C@H]2CC[C@@H](c3ccc(Cl)cc3)CC2)c2ccccc2)c(N)c(N)n1. The topological polar surface area (TPSA) is 103 Å². The van der Waals surface area contributed by atoms with Crippen molar-refractivity contribution in [2.45, 2.75) is 50.0 Å². The number of rotatable bonds is 7. The van der Waals surface area contributed by atoms with E-state index >= 15 is 0 Å². The quantitative estimate of drug-likeness (QED) is 0.391. The third-order valence-corrected chi connectivity index (χ3v) is 6.90. The van der Waals surface area contributed by atoms with Crippen LogP contribution in [-0.2, 0) is 0 Å². The van der Waals surface area contributed by atoms with Gasteiger partial charge in [-0.05, 0) is 79.5 Å². The molecule has 1 aliphatic rings. The summed E-state index contributed by atoms with van der Waals surface area (Å²) in [6.07, 6.45) is 5.67. The highest BCUT2D eigenvalue weighted by Crippen LogP contribution is 2.36. The number of nitrogens with one attached hydrogen (secondary N) is 1. The van der Waals surface area contributed by atoms with Crippen molar-refractivity contribution in [3.63, 3.8) is 0 Å². The standard InChI is InChI=1S/C26H32ClN5/c27-20-10-6-17(7-11-20)18-8-12-21(13-9-18)31-15-14-22(19-4-2-1-3-5-19)23-16-24(28)32-26(30)25(23)29/h1-7,10-11,16,18,21-22,31H,8-9,12-15,29H2,(H4,28,30,32)/t18-,21+,22?. The Morgan fingerprint density at radius 3 is 2.31 bits per heavy atom. The first-order valence-corrected chi connectivity index (χ1v) is 11.7. The summed E-state index contributed by atoms with van der Waals surface area (Å²) in [5.74, 6) is 1.45. The molecular weight excluding hydrogens is 418 g/mol. The van der Waals surface area contributed by atoms with Gasteiger partial charge in [0.15, 0.2) is 0 Å². The minimum atomic E-state index is 0.113. The van der Waals surface area contributed by atoms with Gasteiger partial charge in [-0.1, -0.05) is 54.1 Å². The third kappa shape index (κ3) is 5.34. The number of nitrogen functional groups attached to an aromatic ring is 3. The maximum atomic E-state index is 6.31. The zero-order valence-electron chi connectivity index (χ0n) is 18.3. The molecule has 4 rings (SSSR count). The summed E-state index contributed by atoms with van der Waals surface area (Å²) in [5, 5.41) is 4.58. The molecule has 168 valence electrons. The molecule has 2 aromatic carbocycles. The maximum Gasteiger partial charge on any atom is 0.149 e. The van der Waals surface area contributed by atoms with Crippen LogP contribution in [0.3, 0.4) is 0 Å². The van der Waals surface area contributed by atoms with Crippen molar-refractivity contribution >= 4 is 28.9 Å². The molecule has 0 radical (unpaired) electrons. The highest BCUT2D eigenvalue weighted by molar-refractivity contribution is 6.30. The molecule has 1 aromatic heterocycles. The number of nitrogens with zero attached hydrogens (tertiary/aromatic N) is 1. The molecule has 1 fully saturated rings. The first-order chi connectivity index (χ1) is 15.5. The number of nitrogens with two attached hydrogens (primary N) is 3. The second kappa shape index (κ2) is 10.2. The van der Waals surface area contributed by atoms with Gasteiger partial charge < -0.3 is 22.5 Å². The van der Waals surface area contributed by atoms with Crippen molar-refractivity contribution in [1.29, 1.82) is 0 Å². The number of anilines is 3. The Bertz CT molecular complexity index is 1010. The lowest BCUT2D eigenvalue weighted by Gasteiger charge is -2.30. The average molecular weight is 450 g/mol. The van der Waals surface area contributed by atoms with Gasteiger partial charge >= 0.3 is 0 Å².